The molecule has 0 N–H and O–H groups in total. The molecule has 0 aromatic rings. The van der Waals surface area contributed by atoms with E-state index in [9.17, 15) is 0 Å². The van der Waals surface area contributed by atoms with Crippen LogP contribution in [-0.4, -0.2) is 34.2 Å². The topological polar surface area (TPSA) is 9.23 Å². The fourth-order valence-electron chi connectivity index (χ4n) is 2.61. The highest BCUT2D eigenvalue weighted by atomic mass is 28.4. The van der Waals surface area contributed by atoms with Crippen molar-refractivity contribution in [3.63, 3.8) is 0 Å². The summed E-state index contributed by atoms with van der Waals surface area (Å²) in [6.07, 6.45) is 0. The van der Waals surface area contributed by atoms with Crippen LogP contribution in [0.15, 0.2) is 0 Å². The number of hydrogen-bond donors (Lipinski definition) is 0. The van der Waals surface area contributed by atoms with E-state index in [2.05, 4.69) is 52.4 Å². The highest BCUT2D eigenvalue weighted by Gasteiger charge is 2.28. The minimum Gasteiger partial charge on any atom is -0.458 e. The maximum atomic E-state index is 6.28. The van der Waals surface area contributed by atoms with E-state index in [1.165, 1.54) is 5.67 Å². The van der Waals surface area contributed by atoms with Gasteiger partial charge in [0.15, 0.2) is 17.4 Å². The van der Waals surface area contributed by atoms with Gasteiger partial charge in [-0.05, 0) is 31.9 Å². The quantitative estimate of drug-likeness (QED) is 0.676. The fourth-order valence-corrected chi connectivity index (χ4v) is 25.8. The maximum Gasteiger partial charge on any atom is 0.170 e. The Labute approximate surface area is 102 Å². The summed E-state index contributed by atoms with van der Waals surface area (Å²) in [4.78, 5) is 0. The van der Waals surface area contributed by atoms with Crippen molar-refractivity contribution in [2.45, 2.75) is 63.7 Å². The van der Waals surface area contributed by atoms with Gasteiger partial charge < -0.3 is 4.12 Å². The first-order chi connectivity index (χ1) is 6.52. The van der Waals surface area contributed by atoms with Gasteiger partial charge in [0, 0.05) is 16.9 Å². The second-order valence-electron chi connectivity index (χ2n) is 7.01. The van der Waals surface area contributed by atoms with Crippen LogP contribution in [0.1, 0.15) is 0 Å². The van der Waals surface area contributed by atoms with E-state index in [1.807, 2.05) is 0 Å². The molecule has 0 radical (unpaired) electrons. The molecule has 1 nitrogen and oxygen atoms in total. The molecular weight excluding hydrogens is 248 g/mol. The Hall–Kier alpha value is 0.828. The maximum absolute atomic E-state index is 6.28. The van der Waals surface area contributed by atoms with Gasteiger partial charge in [-0.3, -0.25) is 0 Å². The van der Waals surface area contributed by atoms with Gasteiger partial charge in [0.1, 0.15) is 0 Å². The van der Waals surface area contributed by atoms with Gasteiger partial charge in [-0.2, -0.15) is 0 Å². The molecule has 0 saturated heterocycles. The summed E-state index contributed by atoms with van der Waals surface area (Å²) in [6.45, 7) is 19.5. The molecule has 0 heterocycles. The molecule has 0 rings (SSSR count). The second-order valence-corrected chi connectivity index (χ2v) is 24.2. The van der Waals surface area contributed by atoms with E-state index < -0.39 is 25.4 Å². The number of rotatable bonds is 6. The lowest BCUT2D eigenvalue weighted by Gasteiger charge is -2.30. The Kier molecular flexibility index (Phi) is 6.28. The van der Waals surface area contributed by atoms with Crippen molar-refractivity contribution in [1.29, 1.82) is 0 Å². The molecule has 1 unspecified atom stereocenters. The normalized spacial score (nSPS) is 15.8. The molecule has 0 aromatic carbocycles. The smallest absolute Gasteiger partial charge is 0.170 e. The van der Waals surface area contributed by atoms with Crippen molar-refractivity contribution in [2.75, 3.05) is 0 Å². The SMILES string of the molecule is C[SiH](C)C[Si](C)(C)C[SiH](C)O[Si](C)(C)C. The molecule has 5 heteroatoms. The third-order valence-electron chi connectivity index (χ3n) is 2.36. The van der Waals surface area contributed by atoms with Crippen LogP contribution in [0, 0.1) is 0 Å². The van der Waals surface area contributed by atoms with Crippen LogP contribution >= 0.6 is 0 Å². The second kappa shape index (κ2) is 5.95. The van der Waals surface area contributed by atoms with Gasteiger partial charge in [0.05, 0.1) is 0 Å². The van der Waals surface area contributed by atoms with Crippen LogP contribution < -0.4 is 0 Å². The lowest BCUT2D eigenvalue weighted by Crippen LogP contribution is -2.41. The van der Waals surface area contributed by atoms with E-state index in [4.69, 9.17) is 4.12 Å². The zero-order chi connectivity index (χ0) is 12.3. The predicted octanol–water partition coefficient (Wildman–Crippen LogP) is 3.47. The van der Waals surface area contributed by atoms with Gasteiger partial charge in [0.2, 0.25) is 0 Å². The molecule has 0 bridgehead atoms. The Bertz CT molecular complexity index is 186. The Morgan fingerprint density at radius 3 is 1.67 bits per heavy atom. The van der Waals surface area contributed by atoms with Crippen LogP contribution in [0.25, 0.3) is 0 Å². The molecule has 0 fully saturated rings. The summed E-state index contributed by atoms with van der Waals surface area (Å²) in [5.74, 6) is 0. The molecule has 0 saturated carbocycles. The predicted molar refractivity (Wildman–Crippen MR) is 83.4 cm³/mol. The molecule has 92 valence electrons. The van der Waals surface area contributed by atoms with E-state index >= 15 is 0 Å². The van der Waals surface area contributed by atoms with Gasteiger partial charge in [0.25, 0.3) is 0 Å². The van der Waals surface area contributed by atoms with Crippen LogP contribution in [0.5, 0.6) is 0 Å². The minimum absolute atomic E-state index is 0.368. The first-order valence-corrected chi connectivity index (χ1v) is 18.6. The van der Waals surface area contributed by atoms with Gasteiger partial charge in [-0.15, -0.1) is 0 Å². The summed E-state index contributed by atoms with van der Waals surface area (Å²) in [7, 11) is -3.41. The third-order valence-corrected chi connectivity index (χ3v) is 21.2. The fraction of sp³-hybridized carbons (Fsp3) is 1.00. The first kappa shape index (κ1) is 15.8. The number of hydrogen-bond acceptors (Lipinski definition) is 1. The summed E-state index contributed by atoms with van der Waals surface area (Å²) in [5.41, 5.74) is 3.09. The molecular formula is C10H30OSi4. The largest absolute Gasteiger partial charge is 0.458 e. The average Bonchev–Trinajstić information content (AvgIpc) is 1.73. The van der Waals surface area contributed by atoms with Gasteiger partial charge in [-0.1, -0.05) is 31.9 Å². The molecule has 0 aliphatic heterocycles. The van der Waals surface area contributed by atoms with Gasteiger partial charge >= 0.3 is 0 Å². The molecule has 1 atom stereocenters. The standard InChI is InChI=1S/C10H30OSi4/c1-12(2)9-15(7,8)10-13(3)11-14(4,5)6/h12-13H,9-10H2,1-8H3. The summed E-state index contributed by atoms with van der Waals surface area (Å²) >= 11 is 0. The van der Waals surface area contributed by atoms with E-state index in [0.717, 1.165) is 0 Å². The van der Waals surface area contributed by atoms with E-state index in [0.29, 0.717) is 0 Å². The summed E-state index contributed by atoms with van der Waals surface area (Å²) < 4.78 is 6.28. The summed E-state index contributed by atoms with van der Waals surface area (Å²) in [6, 6.07) is 0. The van der Waals surface area contributed by atoms with Crippen molar-refractivity contribution in [2.24, 2.45) is 0 Å². The summed E-state index contributed by atoms with van der Waals surface area (Å²) in [5, 5.41) is 0. The van der Waals surface area contributed by atoms with Gasteiger partial charge in [-0.25, -0.2) is 0 Å². The minimum atomic E-state index is -1.26. The third kappa shape index (κ3) is 9.74. The van der Waals surface area contributed by atoms with Crippen molar-refractivity contribution in [1.82, 2.24) is 0 Å². The molecule has 0 aliphatic rings. The lowest BCUT2D eigenvalue weighted by molar-refractivity contribution is 0.580. The Morgan fingerprint density at radius 1 is 0.867 bits per heavy atom. The molecule has 15 heavy (non-hydrogen) atoms. The zero-order valence-corrected chi connectivity index (χ0v) is 16.3. The highest BCUT2D eigenvalue weighted by molar-refractivity contribution is 6.94. The zero-order valence-electron chi connectivity index (χ0n) is 12.0. The molecule has 0 aliphatic carbocycles. The van der Waals surface area contributed by atoms with E-state index in [1.54, 1.807) is 5.67 Å². The first-order valence-electron chi connectivity index (χ1n) is 6.20. The monoisotopic (exact) mass is 278 g/mol. The molecule has 0 spiro atoms. The molecule has 0 aromatic heterocycles. The molecule has 0 amide bonds. The highest BCUT2D eigenvalue weighted by Crippen LogP contribution is 2.20. The Balaban J connectivity index is 4.10. The average molecular weight is 279 g/mol. The van der Waals surface area contributed by atoms with Crippen molar-refractivity contribution < 1.29 is 4.12 Å². The van der Waals surface area contributed by atoms with Crippen LogP contribution in [0.2, 0.25) is 63.7 Å². The van der Waals surface area contributed by atoms with Crippen LogP contribution in [0.4, 0.5) is 0 Å². The van der Waals surface area contributed by atoms with E-state index in [-0.39, 0.29) is 8.80 Å². The lowest BCUT2D eigenvalue weighted by atomic mass is 11.7. The van der Waals surface area contributed by atoms with Crippen LogP contribution in [-0.2, 0) is 4.12 Å². The van der Waals surface area contributed by atoms with Crippen molar-refractivity contribution in [3.8, 4) is 0 Å². The Morgan fingerprint density at radius 2 is 1.33 bits per heavy atom. The van der Waals surface area contributed by atoms with Crippen molar-refractivity contribution >= 4 is 34.2 Å². The van der Waals surface area contributed by atoms with Crippen LogP contribution in [0.3, 0.4) is 0 Å². The van der Waals surface area contributed by atoms with Crippen molar-refractivity contribution in [3.05, 3.63) is 0 Å².